The van der Waals surface area contributed by atoms with Gasteiger partial charge >= 0.3 is 0 Å². The third-order valence-corrected chi connectivity index (χ3v) is 4.64. The van der Waals surface area contributed by atoms with E-state index in [9.17, 15) is 5.26 Å². The molecule has 1 heterocycles. The van der Waals surface area contributed by atoms with Crippen LogP contribution in [-0.4, -0.2) is 26.4 Å². The van der Waals surface area contributed by atoms with Gasteiger partial charge in [-0.3, -0.25) is 5.32 Å². The fraction of sp³-hybridized carbons (Fsp3) is 0.692. The van der Waals surface area contributed by atoms with Gasteiger partial charge in [0, 0.05) is 30.7 Å². The summed E-state index contributed by atoms with van der Waals surface area (Å²) >= 11 is 1.79. The zero-order valence-corrected chi connectivity index (χ0v) is 12.0. The van der Waals surface area contributed by atoms with Gasteiger partial charge < -0.3 is 4.57 Å². The molecule has 2 rings (SSSR count). The second-order valence-corrected chi connectivity index (χ2v) is 6.56. The molecular formula is C13H20N4S. The van der Waals surface area contributed by atoms with E-state index in [0.29, 0.717) is 11.3 Å². The Bertz CT molecular complexity index is 448. The maximum Gasteiger partial charge on any atom is 0.167 e. The van der Waals surface area contributed by atoms with Crippen LogP contribution in [0.4, 0.5) is 0 Å². The molecule has 1 aliphatic rings. The summed E-state index contributed by atoms with van der Waals surface area (Å²) in [6.07, 6.45) is 6.69. The zero-order chi connectivity index (χ0) is 13.2. The second-order valence-electron chi connectivity index (χ2n) is 5.30. The van der Waals surface area contributed by atoms with Gasteiger partial charge in [-0.05, 0) is 33.1 Å². The van der Waals surface area contributed by atoms with Crippen LogP contribution in [0.2, 0.25) is 0 Å². The van der Waals surface area contributed by atoms with E-state index < -0.39 is 0 Å². The molecule has 0 spiro atoms. The van der Waals surface area contributed by atoms with E-state index in [4.69, 9.17) is 0 Å². The van der Waals surface area contributed by atoms with Crippen molar-refractivity contribution < 1.29 is 0 Å². The van der Waals surface area contributed by atoms with Crippen molar-refractivity contribution in [2.45, 2.75) is 55.1 Å². The van der Waals surface area contributed by atoms with Crippen molar-refractivity contribution in [3.05, 3.63) is 12.4 Å². The monoisotopic (exact) mass is 264 g/mol. The lowest BCUT2D eigenvalue weighted by Crippen LogP contribution is -2.45. The molecule has 5 heteroatoms. The van der Waals surface area contributed by atoms with E-state index in [1.165, 1.54) is 0 Å². The highest BCUT2D eigenvalue weighted by molar-refractivity contribution is 7.99. The summed E-state index contributed by atoms with van der Waals surface area (Å²) in [5, 5.41) is 14.4. The van der Waals surface area contributed by atoms with Gasteiger partial charge in [-0.15, -0.1) is 0 Å². The lowest BCUT2D eigenvalue weighted by Gasteiger charge is -2.25. The number of aryl methyl sites for hydroxylation is 1. The Balaban J connectivity index is 1.99. The number of nitrogens with zero attached hydrogens (tertiary/aromatic N) is 3. The van der Waals surface area contributed by atoms with Crippen molar-refractivity contribution in [2.75, 3.05) is 0 Å². The van der Waals surface area contributed by atoms with Gasteiger partial charge in [0.25, 0.3) is 0 Å². The van der Waals surface area contributed by atoms with E-state index in [-0.39, 0.29) is 5.54 Å². The minimum Gasteiger partial charge on any atom is -0.329 e. The van der Waals surface area contributed by atoms with Gasteiger partial charge in [-0.1, -0.05) is 11.8 Å². The summed E-state index contributed by atoms with van der Waals surface area (Å²) in [6, 6.07) is 2.83. The lowest BCUT2D eigenvalue weighted by molar-refractivity contribution is 0.386. The SMILES string of the molecule is CC(C)NC1(C#N)CCC(Sc2nccn2C)C1. The zero-order valence-electron chi connectivity index (χ0n) is 11.2. The van der Waals surface area contributed by atoms with Crippen molar-refractivity contribution in [1.29, 1.82) is 5.26 Å². The standard InChI is InChI=1S/C13H20N4S/c1-10(2)16-13(9-14)5-4-11(8-13)18-12-15-6-7-17(12)3/h6-7,10-11,16H,4-5,8H2,1-3H3. The van der Waals surface area contributed by atoms with Gasteiger partial charge in [-0.25, -0.2) is 4.98 Å². The minimum absolute atomic E-state index is 0.336. The van der Waals surface area contributed by atoms with E-state index >= 15 is 0 Å². The van der Waals surface area contributed by atoms with E-state index in [1.807, 2.05) is 24.0 Å². The van der Waals surface area contributed by atoms with E-state index in [1.54, 1.807) is 11.8 Å². The lowest BCUT2D eigenvalue weighted by atomic mass is 9.99. The third kappa shape index (κ3) is 2.88. The normalized spacial score (nSPS) is 27.6. The molecule has 2 unspecified atom stereocenters. The minimum atomic E-state index is -0.336. The molecule has 1 N–H and O–H groups in total. The van der Waals surface area contributed by atoms with Crippen molar-refractivity contribution in [1.82, 2.24) is 14.9 Å². The number of hydrogen-bond donors (Lipinski definition) is 1. The fourth-order valence-corrected chi connectivity index (χ4v) is 3.78. The van der Waals surface area contributed by atoms with Gasteiger partial charge in [0.2, 0.25) is 0 Å². The van der Waals surface area contributed by atoms with E-state index in [2.05, 4.69) is 30.2 Å². The molecule has 1 saturated carbocycles. The first-order valence-electron chi connectivity index (χ1n) is 6.37. The Kier molecular flexibility index (Phi) is 3.98. The van der Waals surface area contributed by atoms with Crippen LogP contribution >= 0.6 is 11.8 Å². The van der Waals surface area contributed by atoms with Gasteiger partial charge in [0.1, 0.15) is 5.54 Å². The molecule has 0 aromatic carbocycles. The Labute approximate surface area is 113 Å². The number of nitriles is 1. The van der Waals surface area contributed by atoms with Gasteiger partial charge in [0.05, 0.1) is 6.07 Å². The van der Waals surface area contributed by atoms with Crippen molar-refractivity contribution >= 4 is 11.8 Å². The summed E-state index contributed by atoms with van der Waals surface area (Å²) < 4.78 is 2.03. The Morgan fingerprint density at radius 1 is 1.67 bits per heavy atom. The van der Waals surface area contributed by atoms with Crippen LogP contribution in [0, 0.1) is 11.3 Å². The summed E-state index contributed by atoms with van der Waals surface area (Å²) in [5.41, 5.74) is -0.336. The van der Waals surface area contributed by atoms with Gasteiger partial charge in [0.15, 0.2) is 5.16 Å². The predicted octanol–water partition coefficient (Wildman–Crippen LogP) is 2.33. The second kappa shape index (κ2) is 5.33. The number of imidazole rings is 1. The first kappa shape index (κ1) is 13.4. The highest BCUT2D eigenvalue weighted by Gasteiger charge is 2.40. The quantitative estimate of drug-likeness (QED) is 0.907. The average Bonchev–Trinajstić information content (AvgIpc) is 2.88. The number of thioether (sulfide) groups is 1. The van der Waals surface area contributed by atoms with Crippen LogP contribution in [0.1, 0.15) is 33.1 Å². The summed E-state index contributed by atoms with van der Waals surface area (Å²) in [5.74, 6) is 0. The van der Waals surface area contributed by atoms with Crippen LogP contribution in [0.5, 0.6) is 0 Å². The molecule has 1 aliphatic carbocycles. The fourth-order valence-electron chi connectivity index (χ4n) is 2.53. The highest BCUT2D eigenvalue weighted by atomic mass is 32.2. The average molecular weight is 264 g/mol. The molecule has 98 valence electrons. The molecule has 0 saturated heterocycles. The van der Waals surface area contributed by atoms with E-state index in [0.717, 1.165) is 24.4 Å². The topological polar surface area (TPSA) is 53.6 Å². The predicted molar refractivity (Wildman–Crippen MR) is 73.3 cm³/mol. The molecule has 0 amide bonds. The smallest absolute Gasteiger partial charge is 0.167 e. The number of aromatic nitrogens is 2. The van der Waals surface area contributed by atoms with Crippen molar-refractivity contribution in [2.24, 2.45) is 7.05 Å². The molecule has 0 radical (unpaired) electrons. The van der Waals surface area contributed by atoms with Crippen molar-refractivity contribution in [3.8, 4) is 6.07 Å². The van der Waals surface area contributed by atoms with Crippen LogP contribution < -0.4 is 5.32 Å². The van der Waals surface area contributed by atoms with Crippen molar-refractivity contribution in [3.63, 3.8) is 0 Å². The molecule has 0 aliphatic heterocycles. The molecule has 4 nitrogen and oxygen atoms in total. The molecular weight excluding hydrogens is 244 g/mol. The summed E-state index contributed by atoms with van der Waals surface area (Å²) in [4.78, 5) is 4.34. The Hall–Kier alpha value is -0.990. The Morgan fingerprint density at radius 2 is 2.44 bits per heavy atom. The maximum absolute atomic E-state index is 9.42. The summed E-state index contributed by atoms with van der Waals surface area (Å²) in [7, 11) is 2.01. The Morgan fingerprint density at radius 3 is 3.00 bits per heavy atom. The van der Waals surface area contributed by atoms with Crippen LogP contribution in [0.15, 0.2) is 17.6 Å². The van der Waals surface area contributed by atoms with Crippen LogP contribution in [0.3, 0.4) is 0 Å². The number of hydrogen-bond acceptors (Lipinski definition) is 4. The van der Waals surface area contributed by atoms with Crippen LogP contribution in [-0.2, 0) is 7.05 Å². The van der Waals surface area contributed by atoms with Crippen LogP contribution in [0.25, 0.3) is 0 Å². The maximum atomic E-state index is 9.42. The first-order valence-corrected chi connectivity index (χ1v) is 7.25. The number of nitrogens with one attached hydrogen (secondary N) is 1. The molecule has 1 fully saturated rings. The molecule has 0 bridgehead atoms. The molecule has 2 atom stereocenters. The van der Waals surface area contributed by atoms with Gasteiger partial charge in [-0.2, -0.15) is 5.26 Å². The highest BCUT2D eigenvalue weighted by Crippen LogP contribution is 2.39. The number of rotatable bonds is 4. The summed E-state index contributed by atoms with van der Waals surface area (Å²) in [6.45, 7) is 4.19. The first-order chi connectivity index (χ1) is 8.54. The molecule has 1 aromatic heterocycles. The largest absolute Gasteiger partial charge is 0.329 e. The third-order valence-electron chi connectivity index (χ3n) is 3.30. The molecule has 1 aromatic rings. The molecule has 18 heavy (non-hydrogen) atoms.